The van der Waals surface area contributed by atoms with Gasteiger partial charge in [-0.2, -0.15) is 5.26 Å². The van der Waals surface area contributed by atoms with Crippen molar-refractivity contribution < 1.29 is 0 Å². The van der Waals surface area contributed by atoms with Crippen molar-refractivity contribution >= 4 is 43.6 Å². The SMILES string of the molecule is N#Cc1ccccc1-n1c2ccccc2c2cc(-n3c4ccccc4c4ccccc43)ccc21. The van der Waals surface area contributed by atoms with E-state index in [-0.39, 0.29) is 0 Å². The van der Waals surface area contributed by atoms with Gasteiger partial charge in [0.1, 0.15) is 6.07 Å². The Balaban J connectivity index is 1.59. The molecule has 2 heterocycles. The second-order valence-corrected chi connectivity index (χ2v) is 8.55. The third-order valence-electron chi connectivity index (χ3n) is 6.76. The summed E-state index contributed by atoms with van der Waals surface area (Å²) in [5.41, 5.74) is 7.27. The van der Waals surface area contributed by atoms with Crippen molar-refractivity contribution in [2.75, 3.05) is 0 Å². The van der Waals surface area contributed by atoms with Crippen LogP contribution in [0.5, 0.6) is 0 Å². The van der Waals surface area contributed by atoms with E-state index in [4.69, 9.17) is 0 Å². The molecule has 0 unspecified atom stereocenters. The summed E-state index contributed by atoms with van der Waals surface area (Å²) in [6, 6.07) is 42.4. The Morgan fingerprint density at radius 2 is 0.971 bits per heavy atom. The Morgan fingerprint density at radius 1 is 0.471 bits per heavy atom. The third-order valence-corrected chi connectivity index (χ3v) is 6.76. The van der Waals surface area contributed by atoms with Gasteiger partial charge in [-0.05, 0) is 48.5 Å². The quantitative estimate of drug-likeness (QED) is 0.274. The number of para-hydroxylation sites is 4. The lowest BCUT2D eigenvalue weighted by molar-refractivity contribution is 1.16. The molecule has 0 bridgehead atoms. The average Bonchev–Trinajstić information content (AvgIpc) is 3.41. The highest BCUT2D eigenvalue weighted by atomic mass is 15.0. The van der Waals surface area contributed by atoms with Crippen molar-refractivity contribution in [3.63, 3.8) is 0 Å². The Labute approximate surface area is 196 Å². The van der Waals surface area contributed by atoms with E-state index in [9.17, 15) is 5.26 Å². The number of rotatable bonds is 2. The first kappa shape index (κ1) is 18.7. The highest BCUT2D eigenvalue weighted by molar-refractivity contribution is 6.12. The molecule has 0 aliphatic heterocycles. The van der Waals surface area contributed by atoms with Crippen LogP contribution in [0.2, 0.25) is 0 Å². The minimum absolute atomic E-state index is 0.664. The van der Waals surface area contributed by atoms with Gasteiger partial charge in [0, 0.05) is 27.2 Å². The fourth-order valence-electron chi connectivity index (χ4n) is 5.32. The molecule has 0 radical (unpaired) electrons. The second kappa shape index (κ2) is 7.10. The van der Waals surface area contributed by atoms with Crippen LogP contribution in [0.15, 0.2) is 115 Å². The first-order valence-electron chi connectivity index (χ1n) is 11.4. The van der Waals surface area contributed by atoms with Gasteiger partial charge in [0.15, 0.2) is 0 Å². The van der Waals surface area contributed by atoms with Gasteiger partial charge >= 0.3 is 0 Å². The predicted octanol–water partition coefficient (Wildman–Crippen LogP) is 7.75. The molecule has 0 aliphatic carbocycles. The number of hydrogen-bond donors (Lipinski definition) is 0. The molecule has 0 saturated heterocycles. The minimum atomic E-state index is 0.664. The van der Waals surface area contributed by atoms with Crippen molar-refractivity contribution in [2.24, 2.45) is 0 Å². The van der Waals surface area contributed by atoms with E-state index in [1.165, 1.54) is 32.6 Å². The molecule has 3 heteroatoms. The summed E-state index contributed by atoms with van der Waals surface area (Å²) in [4.78, 5) is 0. The van der Waals surface area contributed by atoms with Gasteiger partial charge in [0.25, 0.3) is 0 Å². The summed E-state index contributed by atoms with van der Waals surface area (Å²) in [5.74, 6) is 0. The van der Waals surface area contributed by atoms with Gasteiger partial charge in [-0.3, -0.25) is 0 Å². The molecule has 7 rings (SSSR count). The molecule has 0 saturated carbocycles. The molecule has 0 fully saturated rings. The summed E-state index contributed by atoms with van der Waals surface area (Å²) >= 11 is 0. The molecular weight excluding hydrogens is 414 g/mol. The van der Waals surface area contributed by atoms with Crippen molar-refractivity contribution in [2.45, 2.75) is 0 Å². The molecule has 0 amide bonds. The van der Waals surface area contributed by atoms with Gasteiger partial charge < -0.3 is 9.13 Å². The van der Waals surface area contributed by atoms with Gasteiger partial charge in [-0.15, -0.1) is 0 Å². The van der Waals surface area contributed by atoms with Gasteiger partial charge in [0.05, 0.1) is 33.3 Å². The Morgan fingerprint density at radius 3 is 1.62 bits per heavy atom. The largest absolute Gasteiger partial charge is 0.309 e. The number of fused-ring (bicyclic) bond motifs is 6. The van der Waals surface area contributed by atoms with Crippen LogP contribution in [-0.2, 0) is 0 Å². The molecular formula is C31H19N3. The number of benzene rings is 5. The molecule has 0 aliphatic rings. The van der Waals surface area contributed by atoms with E-state index in [0.717, 1.165) is 22.4 Å². The lowest BCUT2D eigenvalue weighted by Crippen LogP contribution is -1.97. The Hall–Kier alpha value is -4.81. The van der Waals surface area contributed by atoms with Crippen LogP contribution in [0.3, 0.4) is 0 Å². The van der Waals surface area contributed by atoms with Crippen LogP contribution in [-0.4, -0.2) is 9.13 Å². The van der Waals surface area contributed by atoms with Crippen molar-refractivity contribution in [3.05, 3.63) is 121 Å². The van der Waals surface area contributed by atoms with Gasteiger partial charge in [-0.1, -0.05) is 66.7 Å². The van der Waals surface area contributed by atoms with E-state index in [0.29, 0.717) is 5.56 Å². The topological polar surface area (TPSA) is 33.6 Å². The molecule has 0 N–H and O–H groups in total. The number of aromatic nitrogens is 2. The minimum Gasteiger partial charge on any atom is -0.309 e. The van der Waals surface area contributed by atoms with Gasteiger partial charge in [0.2, 0.25) is 0 Å². The number of nitriles is 1. The molecule has 0 spiro atoms. The standard InChI is InChI=1S/C31H19N3/c32-20-21-9-1-5-13-27(21)34-30-16-8-4-12-25(30)26-19-22(17-18-31(26)34)33-28-14-6-2-10-23(28)24-11-3-7-15-29(24)33/h1-19H. The fraction of sp³-hybridized carbons (Fsp3) is 0. The number of nitrogens with zero attached hydrogens (tertiary/aromatic N) is 3. The Kier molecular flexibility index (Phi) is 3.91. The van der Waals surface area contributed by atoms with Crippen LogP contribution in [0.1, 0.15) is 5.56 Å². The van der Waals surface area contributed by atoms with E-state index >= 15 is 0 Å². The maximum absolute atomic E-state index is 9.77. The second-order valence-electron chi connectivity index (χ2n) is 8.55. The smallest absolute Gasteiger partial charge is 0.101 e. The molecule has 3 nitrogen and oxygen atoms in total. The normalized spacial score (nSPS) is 11.5. The Bertz CT molecular complexity index is 1870. The first-order valence-corrected chi connectivity index (χ1v) is 11.4. The van der Waals surface area contributed by atoms with Crippen LogP contribution >= 0.6 is 0 Å². The van der Waals surface area contributed by atoms with E-state index < -0.39 is 0 Å². The lowest BCUT2D eigenvalue weighted by Gasteiger charge is -2.11. The first-order chi connectivity index (χ1) is 16.8. The zero-order valence-corrected chi connectivity index (χ0v) is 18.3. The van der Waals surface area contributed by atoms with Crippen molar-refractivity contribution in [3.8, 4) is 17.4 Å². The van der Waals surface area contributed by atoms with E-state index in [1.54, 1.807) is 0 Å². The monoisotopic (exact) mass is 433 g/mol. The van der Waals surface area contributed by atoms with Crippen LogP contribution in [0.4, 0.5) is 0 Å². The molecule has 7 aromatic rings. The third kappa shape index (κ3) is 2.51. The van der Waals surface area contributed by atoms with Crippen LogP contribution in [0, 0.1) is 11.3 Å². The van der Waals surface area contributed by atoms with Crippen molar-refractivity contribution in [1.82, 2.24) is 9.13 Å². The van der Waals surface area contributed by atoms with Gasteiger partial charge in [-0.25, -0.2) is 0 Å². The van der Waals surface area contributed by atoms with Crippen molar-refractivity contribution in [1.29, 1.82) is 5.26 Å². The fourth-order valence-corrected chi connectivity index (χ4v) is 5.32. The molecule has 158 valence electrons. The summed E-state index contributed by atoms with van der Waals surface area (Å²) < 4.78 is 4.55. The maximum Gasteiger partial charge on any atom is 0.101 e. The van der Waals surface area contributed by atoms with E-state index in [1.807, 2.05) is 24.3 Å². The number of hydrogen-bond acceptors (Lipinski definition) is 1. The lowest BCUT2D eigenvalue weighted by atomic mass is 10.1. The average molecular weight is 434 g/mol. The zero-order valence-electron chi connectivity index (χ0n) is 18.3. The molecule has 0 atom stereocenters. The summed E-state index contributed by atoms with van der Waals surface area (Å²) in [6.07, 6.45) is 0. The molecule has 5 aromatic carbocycles. The summed E-state index contributed by atoms with van der Waals surface area (Å²) in [7, 11) is 0. The van der Waals surface area contributed by atoms with Crippen LogP contribution < -0.4 is 0 Å². The summed E-state index contributed by atoms with van der Waals surface area (Å²) in [5, 5.41) is 14.6. The highest BCUT2D eigenvalue weighted by Gasteiger charge is 2.17. The molecule has 2 aromatic heterocycles. The van der Waals surface area contributed by atoms with E-state index in [2.05, 4.69) is 106 Å². The highest BCUT2D eigenvalue weighted by Crippen LogP contribution is 2.37. The van der Waals surface area contributed by atoms with Crippen LogP contribution in [0.25, 0.3) is 55.0 Å². The maximum atomic E-state index is 9.77. The molecule has 34 heavy (non-hydrogen) atoms. The predicted molar refractivity (Wildman–Crippen MR) is 140 cm³/mol. The zero-order chi connectivity index (χ0) is 22.6. The summed E-state index contributed by atoms with van der Waals surface area (Å²) in [6.45, 7) is 0.